The van der Waals surface area contributed by atoms with Crippen LogP contribution < -0.4 is 5.32 Å². The molecule has 0 amide bonds. The number of phenols is 3. The third-order valence-corrected chi connectivity index (χ3v) is 3.97. The number of phenolic OH excluding ortho intramolecular Hbond substituents is 3. The molecule has 0 radical (unpaired) electrons. The van der Waals surface area contributed by atoms with Gasteiger partial charge in [-0.05, 0) is 30.9 Å². The van der Waals surface area contributed by atoms with Crippen molar-refractivity contribution in [3.63, 3.8) is 0 Å². The molecule has 1 saturated carbocycles. The molecular weight excluding hydrogens is 230 g/mol. The smallest absolute Gasteiger partial charge is 0.200 e. The van der Waals surface area contributed by atoms with Crippen molar-refractivity contribution >= 4 is 0 Å². The van der Waals surface area contributed by atoms with Crippen molar-refractivity contribution in [2.75, 3.05) is 6.54 Å². The van der Waals surface area contributed by atoms with Crippen molar-refractivity contribution < 1.29 is 15.3 Å². The van der Waals surface area contributed by atoms with Crippen LogP contribution in [0.25, 0.3) is 0 Å². The molecular formula is C14H21NO3. The van der Waals surface area contributed by atoms with E-state index < -0.39 is 5.75 Å². The predicted molar refractivity (Wildman–Crippen MR) is 69.6 cm³/mol. The number of nitrogens with one attached hydrogen (secondary N) is 1. The van der Waals surface area contributed by atoms with E-state index in [1.54, 1.807) is 6.07 Å². The lowest BCUT2D eigenvalue weighted by molar-refractivity contribution is 0.360. The van der Waals surface area contributed by atoms with Crippen molar-refractivity contribution in [3.8, 4) is 17.2 Å². The molecule has 2 atom stereocenters. The van der Waals surface area contributed by atoms with Crippen LogP contribution in [-0.2, 0) is 6.54 Å². The Hall–Kier alpha value is -1.42. The van der Waals surface area contributed by atoms with Crippen LogP contribution in [0.4, 0.5) is 0 Å². The minimum absolute atomic E-state index is 0.234. The van der Waals surface area contributed by atoms with E-state index in [1.807, 2.05) is 0 Å². The van der Waals surface area contributed by atoms with Gasteiger partial charge < -0.3 is 20.6 Å². The third-order valence-electron chi connectivity index (χ3n) is 3.97. The predicted octanol–water partition coefficient (Wildman–Crippen LogP) is 2.33. The summed E-state index contributed by atoms with van der Waals surface area (Å²) in [6, 6.07) is 3.01. The first-order chi connectivity index (χ1) is 8.59. The Morgan fingerprint density at radius 3 is 2.61 bits per heavy atom. The summed E-state index contributed by atoms with van der Waals surface area (Å²) in [5.41, 5.74) is 0.607. The van der Waals surface area contributed by atoms with E-state index in [1.165, 1.54) is 25.3 Å². The van der Waals surface area contributed by atoms with Gasteiger partial charge in [0.15, 0.2) is 11.5 Å². The molecule has 1 aliphatic carbocycles. The Labute approximate surface area is 107 Å². The second kappa shape index (κ2) is 5.48. The number of hydrogen-bond acceptors (Lipinski definition) is 4. The first-order valence-corrected chi connectivity index (χ1v) is 6.53. The Kier molecular flexibility index (Phi) is 3.97. The molecule has 4 N–H and O–H groups in total. The van der Waals surface area contributed by atoms with Gasteiger partial charge >= 0.3 is 0 Å². The van der Waals surface area contributed by atoms with E-state index in [2.05, 4.69) is 12.2 Å². The van der Waals surface area contributed by atoms with Gasteiger partial charge in [-0.3, -0.25) is 0 Å². The van der Waals surface area contributed by atoms with Crippen LogP contribution in [0.3, 0.4) is 0 Å². The fourth-order valence-corrected chi connectivity index (χ4v) is 2.67. The molecule has 18 heavy (non-hydrogen) atoms. The second-order valence-electron chi connectivity index (χ2n) is 5.24. The van der Waals surface area contributed by atoms with Crippen molar-refractivity contribution in [3.05, 3.63) is 17.7 Å². The Morgan fingerprint density at radius 1 is 1.17 bits per heavy atom. The minimum atomic E-state index is -0.441. The lowest BCUT2D eigenvalue weighted by Gasteiger charge is -2.16. The van der Waals surface area contributed by atoms with Crippen molar-refractivity contribution in [1.82, 2.24) is 5.32 Å². The molecule has 0 aromatic heterocycles. The molecule has 2 unspecified atom stereocenters. The minimum Gasteiger partial charge on any atom is -0.504 e. The molecule has 1 aromatic carbocycles. The van der Waals surface area contributed by atoms with Crippen LogP contribution in [0.2, 0.25) is 0 Å². The molecule has 1 fully saturated rings. The summed E-state index contributed by atoms with van der Waals surface area (Å²) in [5, 5.41) is 31.6. The van der Waals surface area contributed by atoms with Gasteiger partial charge in [0.1, 0.15) is 0 Å². The van der Waals surface area contributed by atoms with Crippen LogP contribution in [0.5, 0.6) is 17.2 Å². The van der Waals surface area contributed by atoms with Gasteiger partial charge in [0.2, 0.25) is 5.75 Å². The van der Waals surface area contributed by atoms with E-state index in [0.29, 0.717) is 18.0 Å². The zero-order valence-corrected chi connectivity index (χ0v) is 10.7. The Balaban J connectivity index is 1.89. The van der Waals surface area contributed by atoms with E-state index in [-0.39, 0.29) is 11.5 Å². The van der Waals surface area contributed by atoms with Gasteiger partial charge in [0.25, 0.3) is 0 Å². The monoisotopic (exact) mass is 251 g/mol. The summed E-state index contributed by atoms with van der Waals surface area (Å²) < 4.78 is 0. The zero-order valence-electron chi connectivity index (χ0n) is 10.7. The number of benzene rings is 1. The maximum atomic E-state index is 9.67. The summed E-state index contributed by atoms with van der Waals surface area (Å²) in [6.45, 7) is 3.72. The van der Waals surface area contributed by atoms with Crippen molar-refractivity contribution in [1.29, 1.82) is 0 Å². The first kappa shape index (κ1) is 13.0. The summed E-state index contributed by atoms with van der Waals surface area (Å²) in [7, 11) is 0. The van der Waals surface area contributed by atoms with Crippen LogP contribution in [0.15, 0.2) is 12.1 Å². The van der Waals surface area contributed by atoms with E-state index in [4.69, 9.17) is 0 Å². The lowest BCUT2D eigenvalue weighted by atomic mass is 9.98. The van der Waals surface area contributed by atoms with Crippen molar-refractivity contribution in [2.45, 2.75) is 32.7 Å². The van der Waals surface area contributed by atoms with Gasteiger partial charge in [-0.15, -0.1) is 0 Å². The van der Waals surface area contributed by atoms with Crippen LogP contribution >= 0.6 is 0 Å². The van der Waals surface area contributed by atoms with Crippen LogP contribution in [0.1, 0.15) is 31.7 Å². The maximum absolute atomic E-state index is 9.67. The molecule has 4 nitrogen and oxygen atoms in total. The number of aromatic hydroxyl groups is 3. The first-order valence-electron chi connectivity index (χ1n) is 6.53. The van der Waals surface area contributed by atoms with E-state index >= 15 is 0 Å². The summed E-state index contributed by atoms with van der Waals surface area (Å²) in [4.78, 5) is 0. The fourth-order valence-electron chi connectivity index (χ4n) is 2.67. The van der Waals surface area contributed by atoms with Gasteiger partial charge in [0, 0.05) is 12.1 Å². The number of hydrogen-bond donors (Lipinski definition) is 4. The third kappa shape index (κ3) is 2.70. The van der Waals surface area contributed by atoms with Gasteiger partial charge in [-0.1, -0.05) is 25.8 Å². The van der Waals surface area contributed by atoms with Crippen LogP contribution in [0, 0.1) is 11.8 Å². The highest BCUT2D eigenvalue weighted by molar-refractivity contribution is 5.52. The number of rotatable bonds is 4. The fraction of sp³-hybridized carbons (Fsp3) is 0.571. The molecule has 0 saturated heterocycles. The standard InChI is InChI=1S/C14H21NO3/c1-9-3-2-4-10(9)7-15-8-11-5-6-12(16)14(18)13(11)17/h5-6,9-10,15-18H,2-4,7-8H2,1H3. The average Bonchev–Trinajstić information content (AvgIpc) is 2.75. The van der Waals surface area contributed by atoms with Gasteiger partial charge in [0.05, 0.1) is 0 Å². The topological polar surface area (TPSA) is 72.7 Å². The molecule has 1 aliphatic rings. The normalized spacial score (nSPS) is 23.4. The van der Waals surface area contributed by atoms with Crippen LogP contribution in [-0.4, -0.2) is 21.9 Å². The summed E-state index contributed by atoms with van der Waals surface area (Å²) in [5.74, 6) is 0.503. The lowest BCUT2D eigenvalue weighted by Crippen LogP contribution is -2.23. The van der Waals surface area contributed by atoms with Crippen molar-refractivity contribution in [2.24, 2.45) is 11.8 Å². The highest BCUT2D eigenvalue weighted by Gasteiger charge is 2.22. The summed E-state index contributed by atoms with van der Waals surface area (Å²) in [6.07, 6.45) is 3.87. The average molecular weight is 251 g/mol. The second-order valence-corrected chi connectivity index (χ2v) is 5.24. The maximum Gasteiger partial charge on any atom is 0.200 e. The van der Waals surface area contributed by atoms with Gasteiger partial charge in [-0.2, -0.15) is 0 Å². The SMILES string of the molecule is CC1CCCC1CNCc1ccc(O)c(O)c1O. The highest BCUT2D eigenvalue weighted by atomic mass is 16.3. The zero-order chi connectivity index (χ0) is 13.1. The van der Waals surface area contributed by atoms with E-state index in [9.17, 15) is 15.3 Å². The highest BCUT2D eigenvalue weighted by Crippen LogP contribution is 2.37. The molecule has 4 heteroatoms. The Morgan fingerprint density at radius 2 is 1.94 bits per heavy atom. The molecule has 100 valence electrons. The molecule has 0 aliphatic heterocycles. The molecule has 0 heterocycles. The Bertz CT molecular complexity index is 420. The van der Waals surface area contributed by atoms with Gasteiger partial charge in [-0.25, -0.2) is 0 Å². The molecule has 2 rings (SSSR count). The molecule has 0 bridgehead atoms. The summed E-state index contributed by atoms with van der Waals surface area (Å²) >= 11 is 0. The largest absolute Gasteiger partial charge is 0.504 e. The molecule has 1 aromatic rings. The molecule has 0 spiro atoms. The quantitative estimate of drug-likeness (QED) is 0.620. The van der Waals surface area contributed by atoms with E-state index in [0.717, 1.165) is 12.5 Å².